The minimum absolute atomic E-state index is 0.0918. The van der Waals surface area contributed by atoms with E-state index in [1.54, 1.807) is 13.4 Å². The van der Waals surface area contributed by atoms with Gasteiger partial charge in [-0.25, -0.2) is 9.97 Å². The van der Waals surface area contributed by atoms with Crippen molar-refractivity contribution < 1.29 is 14.4 Å². The molecule has 0 unspecified atom stereocenters. The van der Waals surface area contributed by atoms with Crippen LogP contribution in [0.2, 0.25) is 0 Å². The maximum absolute atomic E-state index is 14.9. The van der Waals surface area contributed by atoms with Crippen LogP contribution >= 0.6 is 0 Å². The molecule has 11 heteroatoms. The lowest BCUT2D eigenvalue weighted by Gasteiger charge is -2.61. The molecule has 2 aromatic heterocycles. The van der Waals surface area contributed by atoms with Crippen LogP contribution in [0.5, 0.6) is 0 Å². The lowest BCUT2D eigenvalue weighted by atomic mass is 9.44. The summed E-state index contributed by atoms with van der Waals surface area (Å²) in [6, 6.07) is 14.9. The number of imidazole rings is 1. The zero-order chi connectivity index (χ0) is 36.1. The van der Waals surface area contributed by atoms with Crippen LogP contribution in [0.1, 0.15) is 85.7 Å². The summed E-state index contributed by atoms with van der Waals surface area (Å²) < 4.78 is 0. The number of amides is 3. The standard InChI is InChI=1S/C42H48N8O3/c1-25-6-8-28(17-31(25)38(51)43-2)46-37-36-34(44-24-45-36)20-33(47-37)27-7-9-32-35(16-27)50(30-18-29(19-30)48-12-4-3-5-13-48)40(53)42(32)10-14-49(15-11-42)39(52)41-21-26(22-41)23-41/h6-9,16-17,20,24,26,29-30H,3-5,10-15,18-19,21-23H2,1-2H3,(H,43,51)(H,44,45)(H,46,47). The molecule has 274 valence electrons. The fourth-order valence-electron chi connectivity index (χ4n) is 10.5. The molecular weight excluding hydrogens is 665 g/mol. The Hall–Kier alpha value is -4.77. The molecule has 3 aliphatic heterocycles. The van der Waals surface area contributed by atoms with Crippen molar-refractivity contribution in [3.63, 3.8) is 0 Å². The van der Waals surface area contributed by atoms with E-state index in [-0.39, 0.29) is 23.3 Å². The van der Waals surface area contributed by atoms with Gasteiger partial charge in [0.05, 0.1) is 28.4 Å². The highest BCUT2D eigenvalue weighted by molar-refractivity contribution is 6.09. The highest BCUT2D eigenvalue weighted by Crippen LogP contribution is 2.65. The molecule has 2 bridgehead atoms. The van der Waals surface area contributed by atoms with Crippen LogP contribution in [0.3, 0.4) is 0 Å². The van der Waals surface area contributed by atoms with Gasteiger partial charge in [0.1, 0.15) is 5.52 Å². The smallest absolute Gasteiger partial charge is 0.251 e. The van der Waals surface area contributed by atoms with Crippen LogP contribution in [-0.4, -0.2) is 87.8 Å². The number of nitrogens with zero attached hydrogens (tertiary/aromatic N) is 5. The van der Waals surface area contributed by atoms with E-state index < -0.39 is 5.41 Å². The average Bonchev–Trinajstić information content (AvgIpc) is 3.69. The fraction of sp³-hybridized carbons (Fsp3) is 0.500. The zero-order valence-corrected chi connectivity index (χ0v) is 30.7. The molecule has 0 radical (unpaired) electrons. The van der Waals surface area contributed by atoms with Crippen molar-refractivity contribution in [2.24, 2.45) is 11.3 Å². The molecule has 11 rings (SSSR count). The number of hydrogen-bond acceptors (Lipinski definition) is 7. The Balaban J connectivity index is 0.985. The van der Waals surface area contributed by atoms with Gasteiger partial charge in [0.25, 0.3) is 5.91 Å². The summed E-state index contributed by atoms with van der Waals surface area (Å²) in [5, 5.41) is 6.16. The fourth-order valence-corrected chi connectivity index (χ4v) is 10.5. The van der Waals surface area contributed by atoms with Crippen LogP contribution in [0, 0.1) is 18.3 Å². The number of H-pyrrole nitrogens is 1. The number of benzene rings is 2. The third kappa shape index (κ3) is 5.06. The molecule has 4 aromatic rings. The maximum atomic E-state index is 14.9. The van der Waals surface area contributed by atoms with Crippen LogP contribution < -0.4 is 15.5 Å². The van der Waals surface area contributed by atoms with E-state index in [1.165, 1.54) is 19.3 Å². The number of rotatable bonds is 7. The first-order valence-corrected chi connectivity index (χ1v) is 19.7. The summed E-state index contributed by atoms with van der Waals surface area (Å²) in [5.41, 5.74) is 6.85. The number of aryl methyl sites for hydroxylation is 1. The number of aromatic nitrogens is 3. The number of anilines is 3. The van der Waals surface area contributed by atoms with E-state index in [0.29, 0.717) is 54.8 Å². The number of carbonyl (C=O) groups excluding carboxylic acids is 3. The maximum Gasteiger partial charge on any atom is 0.251 e. The SMILES string of the molecule is CNC(=O)c1cc(Nc2nc(-c3ccc4c(c3)N(C3CC(N5CCCCC5)C3)C(=O)C43CCN(C(=O)C45CC(C4)C5)CC3)cc3[nH]cnc23)ccc1C. The van der Waals surface area contributed by atoms with Gasteiger partial charge in [-0.15, -0.1) is 0 Å². The van der Waals surface area contributed by atoms with E-state index >= 15 is 0 Å². The van der Waals surface area contributed by atoms with Crippen molar-refractivity contribution in [2.75, 3.05) is 43.4 Å². The van der Waals surface area contributed by atoms with E-state index in [4.69, 9.17) is 4.98 Å². The molecular formula is C42H48N8O3. The van der Waals surface area contributed by atoms with Crippen molar-refractivity contribution in [1.82, 2.24) is 30.1 Å². The van der Waals surface area contributed by atoms with Crippen LogP contribution in [0.4, 0.5) is 17.2 Å². The molecule has 4 saturated carbocycles. The molecule has 3 amide bonds. The summed E-state index contributed by atoms with van der Waals surface area (Å²) in [6.07, 6.45) is 12.0. The monoisotopic (exact) mass is 712 g/mol. The van der Waals surface area contributed by atoms with Gasteiger partial charge < -0.3 is 30.3 Å². The van der Waals surface area contributed by atoms with Crippen LogP contribution in [0.25, 0.3) is 22.3 Å². The average molecular weight is 713 g/mol. The molecule has 3 N–H and O–H groups in total. The zero-order valence-electron chi connectivity index (χ0n) is 30.7. The van der Waals surface area contributed by atoms with Crippen LogP contribution in [-0.2, 0) is 15.0 Å². The molecule has 1 spiro atoms. The predicted molar refractivity (Wildman–Crippen MR) is 204 cm³/mol. The van der Waals surface area contributed by atoms with Gasteiger partial charge in [-0.3, -0.25) is 14.4 Å². The second-order valence-corrected chi connectivity index (χ2v) is 16.8. The molecule has 11 nitrogen and oxygen atoms in total. The molecule has 4 aliphatic carbocycles. The minimum Gasteiger partial charge on any atom is -0.355 e. The van der Waals surface area contributed by atoms with Crippen molar-refractivity contribution in [1.29, 1.82) is 0 Å². The summed E-state index contributed by atoms with van der Waals surface area (Å²) in [6.45, 7) is 5.52. The van der Waals surface area contributed by atoms with Gasteiger partial charge >= 0.3 is 0 Å². The second kappa shape index (κ2) is 12.1. The lowest BCUT2D eigenvalue weighted by molar-refractivity contribution is -0.178. The third-order valence-electron chi connectivity index (χ3n) is 13.8. The van der Waals surface area contributed by atoms with E-state index in [0.717, 1.165) is 90.4 Å². The summed E-state index contributed by atoms with van der Waals surface area (Å²) in [4.78, 5) is 60.8. The highest BCUT2D eigenvalue weighted by atomic mass is 16.2. The Morgan fingerprint density at radius 1 is 0.925 bits per heavy atom. The first-order chi connectivity index (χ1) is 25.7. The third-order valence-corrected chi connectivity index (χ3v) is 13.8. The Labute approximate surface area is 309 Å². The lowest BCUT2D eigenvalue weighted by Crippen LogP contribution is -2.63. The van der Waals surface area contributed by atoms with Crippen molar-refractivity contribution in [2.45, 2.75) is 88.6 Å². The molecule has 7 aliphatic rings. The number of carbonyl (C=O) groups is 3. The number of fused-ring (bicyclic) bond motifs is 3. The number of nitrogens with one attached hydrogen (secondary N) is 3. The topological polar surface area (TPSA) is 127 Å². The van der Waals surface area contributed by atoms with E-state index in [1.807, 2.05) is 31.2 Å². The van der Waals surface area contributed by atoms with Crippen molar-refractivity contribution in [3.8, 4) is 11.3 Å². The minimum atomic E-state index is -0.609. The second-order valence-electron chi connectivity index (χ2n) is 16.8. The summed E-state index contributed by atoms with van der Waals surface area (Å²) in [7, 11) is 1.63. The number of aromatic amines is 1. The normalized spacial score (nSPS) is 27.2. The molecule has 5 heterocycles. The quantitative estimate of drug-likeness (QED) is 0.213. The van der Waals surface area contributed by atoms with Crippen molar-refractivity contribution in [3.05, 3.63) is 65.5 Å². The molecule has 2 saturated heterocycles. The first-order valence-electron chi connectivity index (χ1n) is 19.7. The van der Waals surface area contributed by atoms with Crippen molar-refractivity contribution >= 4 is 45.9 Å². The van der Waals surface area contributed by atoms with Gasteiger partial charge in [0, 0.05) is 54.7 Å². The Morgan fingerprint density at radius 3 is 2.42 bits per heavy atom. The van der Waals surface area contributed by atoms with Gasteiger partial charge in [-0.05, 0) is 119 Å². The van der Waals surface area contributed by atoms with Gasteiger partial charge in [0.15, 0.2) is 5.82 Å². The molecule has 6 fully saturated rings. The Kier molecular flexibility index (Phi) is 7.52. The van der Waals surface area contributed by atoms with Gasteiger partial charge in [-0.1, -0.05) is 24.6 Å². The first kappa shape index (κ1) is 32.8. The number of pyridine rings is 1. The largest absolute Gasteiger partial charge is 0.355 e. The van der Waals surface area contributed by atoms with Gasteiger partial charge in [0.2, 0.25) is 11.8 Å². The van der Waals surface area contributed by atoms with Gasteiger partial charge in [-0.2, -0.15) is 0 Å². The summed E-state index contributed by atoms with van der Waals surface area (Å²) >= 11 is 0. The number of piperidine rings is 2. The number of likely N-dealkylation sites (tertiary alicyclic amines) is 2. The van der Waals surface area contributed by atoms with E-state index in [9.17, 15) is 14.4 Å². The molecule has 2 aromatic carbocycles. The highest BCUT2D eigenvalue weighted by Gasteiger charge is 2.63. The number of hydrogen-bond donors (Lipinski definition) is 3. The Morgan fingerprint density at radius 2 is 1.70 bits per heavy atom. The molecule has 53 heavy (non-hydrogen) atoms. The molecule has 0 atom stereocenters. The predicted octanol–water partition coefficient (Wildman–Crippen LogP) is 6.06. The summed E-state index contributed by atoms with van der Waals surface area (Å²) in [5.74, 6) is 1.75. The Bertz CT molecular complexity index is 2140. The van der Waals surface area contributed by atoms with Crippen LogP contribution in [0.15, 0.2) is 48.8 Å². The van der Waals surface area contributed by atoms with E-state index in [2.05, 4.69) is 53.5 Å².